The molecule has 1 fully saturated rings. The van der Waals surface area contributed by atoms with Gasteiger partial charge >= 0.3 is 35.8 Å². The molecule has 40 heavy (non-hydrogen) atoms. The van der Waals surface area contributed by atoms with Crippen molar-refractivity contribution in [3.05, 3.63) is 42.0 Å². The smallest absolute Gasteiger partial charge is 0.460 e. The molecule has 0 aliphatic carbocycles. The summed E-state index contributed by atoms with van der Waals surface area (Å²) in [5, 5.41) is 0. The van der Waals surface area contributed by atoms with Crippen molar-refractivity contribution in [1.82, 2.24) is 0 Å². The Bertz CT molecular complexity index is 1040. The molecule has 1 saturated heterocycles. The van der Waals surface area contributed by atoms with Gasteiger partial charge in [0.15, 0.2) is 12.6 Å². The van der Waals surface area contributed by atoms with E-state index >= 15 is 0 Å². The van der Waals surface area contributed by atoms with Crippen molar-refractivity contribution in [1.29, 1.82) is 0 Å². The summed E-state index contributed by atoms with van der Waals surface area (Å²) in [4.78, 5) is 0. The second-order valence-electron chi connectivity index (χ2n) is 8.59. The molecule has 4 atom stereocenters. The average molecular weight is 610 g/mol. The van der Waals surface area contributed by atoms with E-state index in [2.05, 4.69) is 0 Å². The summed E-state index contributed by atoms with van der Waals surface area (Å²) in [6.07, 6.45) is -11.7. The van der Waals surface area contributed by atoms with E-state index in [0.29, 0.717) is 11.3 Å². The highest BCUT2D eigenvalue weighted by atomic mass is 19.4. The summed E-state index contributed by atoms with van der Waals surface area (Å²) in [5.41, 5.74) is 0.588. The number of ether oxygens (including phenoxy) is 5. The summed E-state index contributed by atoms with van der Waals surface area (Å²) in [6, 6.07) is 6.54. The van der Waals surface area contributed by atoms with Crippen LogP contribution in [-0.4, -0.2) is 74.6 Å². The van der Waals surface area contributed by atoms with Crippen LogP contribution in [0.15, 0.2) is 36.4 Å². The van der Waals surface area contributed by atoms with E-state index in [1.54, 1.807) is 24.3 Å². The van der Waals surface area contributed by atoms with Crippen LogP contribution >= 0.6 is 0 Å². The molecule has 18 heteroatoms. The van der Waals surface area contributed by atoms with Crippen LogP contribution in [0.5, 0.6) is 5.75 Å². The van der Waals surface area contributed by atoms with E-state index in [9.17, 15) is 57.1 Å². The topological polar surface area (TPSA) is 46.2 Å². The molecule has 1 unspecified atom stereocenters. The summed E-state index contributed by atoms with van der Waals surface area (Å²) in [5.74, 6) is -36.6. The van der Waals surface area contributed by atoms with Gasteiger partial charge in [-0.1, -0.05) is 18.2 Å². The lowest BCUT2D eigenvalue weighted by molar-refractivity contribution is -0.440. The molecular formula is C22H19F13O5. The zero-order valence-corrected chi connectivity index (χ0v) is 19.8. The molecule has 5 nitrogen and oxygen atoms in total. The third-order valence-corrected chi connectivity index (χ3v) is 5.91. The number of rotatable bonds is 10. The van der Waals surface area contributed by atoms with Crippen LogP contribution < -0.4 is 4.74 Å². The number of halogens is 13. The van der Waals surface area contributed by atoms with E-state index in [0.717, 1.165) is 6.08 Å². The molecule has 228 valence electrons. The maximum Gasteiger partial charge on any atom is 0.460 e. The number of methoxy groups -OCH3 is 1. The third kappa shape index (κ3) is 5.59. The maximum atomic E-state index is 13.9. The van der Waals surface area contributed by atoms with Crippen molar-refractivity contribution in [3.8, 4) is 5.75 Å². The normalized spacial score (nSPS) is 25.1. The molecule has 0 aromatic heterocycles. The summed E-state index contributed by atoms with van der Waals surface area (Å²) >= 11 is 0. The Morgan fingerprint density at radius 2 is 1.32 bits per heavy atom. The first kappa shape index (κ1) is 32.2. The van der Waals surface area contributed by atoms with Crippen molar-refractivity contribution in [3.63, 3.8) is 0 Å². The van der Waals surface area contributed by atoms with Gasteiger partial charge in [-0.25, -0.2) is 0 Å². The Hall–Kier alpha value is -2.31. The van der Waals surface area contributed by atoms with E-state index in [-0.39, 0.29) is 6.61 Å². The highest BCUT2D eigenvalue weighted by Crippen LogP contribution is 2.60. The minimum absolute atomic E-state index is 0.158. The number of benzene rings is 1. The number of hydrogen-bond acceptors (Lipinski definition) is 5. The lowest BCUT2D eigenvalue weighted by atomic mass is 9.93. The second-order valence-corrected chi connectivity index (χ2v) is 8.59. The third-order valence-electron chi connectivity index (χ3n) is 5.91. The van der Waals surface area contributed by atoms with Crippen LogP contribution in [0.3, 0.4) is 0 Å². The lowest BCUT2D eigenvalue weighted by Crippen LogP contribution is -2.70. The van der Waals surface area contributed by atoms with Crippen molar-refractivity contribution in [2.24, 2.45) is 0 Å². The van der Waals surface area contributed by atoms with Gasteiger partial charge in [0.2, 0.25) is 0 Å². The molecule has 2 aliphatic heterocycles. The van der Waals surface area contributed by atoms with Crippen LogP contribution in [0.1, 0.15) is 18.3 Å². The Morgan fingerprint density at radius 3 is 1.88 bits per heavy atom. The predicted octanol–water partition coefficient (Wildman–Crippen LogP) is 6.54. The fourth-order valence-corrected chi connectivity index (χ4v) is 3.54. The van der Waals surface area contributed by atoms with Gasteiger partial charge in [0.05, 0.1) is 20.3 Å². The van der Waals surface area contributed by atoms with E-state index in [4.69, 9.17) is 23.7 Å². The van der Waals surface area contributed by atoms with E-state index < -0.39 is 73.6 Å². The fraction of sp³-hybridized carbons (Fsp3) is 0.636. The van der Waals surface area contributed by atoms with Gasteiger partial charge in [-0.05, 0) is 18.2 Å². The Kier molecular flexibility index (Phi) is 8.72. The molecular weight excluding hydrogens is 591 g/mol. The minimum Gasteiger partial charge on any atom is -0.497 e. The Morgan fingerprint density at radius 1 is 0.750 bits per heavy atom. The van der Waals surface area contributed by atoms with Gasteiger partial charge in [0.25, 0.3) is 0 Å². The summed E-state index contributed by atoms with van der Waals surface area (Å²) < 4.78 is 198. The molecule has 0 radical (unpaired) electrons. The van der Waals surface area contributed by atoms with Crippen molar-refractivity contribution in [2.75, 3.05) is 20.3 Å². The molecule has 1 aromatic rings. The minimum atomic E-state index is -7.94. The first-order valence-corrected chi connectivity index (χ1v) is 11.0. The zero-order chi connectivity index (χ0) is 30.4. The predicted molar refractivity (Wildman–Crippen MR) is 106 cm³/mol. The molecule has 0 amide bonds. The molecule has 2 heterocycles. The van der Waals surface area contributed by atoms with Gasteiger partial charge in [0.1, 0.15) is 18.0 Å². The second kappa shape index (κ2) is 10.8. The lowest BCUT2D eigenvalue weighted by Gasteiger charge is -2.40. The highest BCUT2D eigenvalue weighted by Gasteiger charge is 2.90. The van der Waals surface area contributed by atoms with E-state index in [1.165, 1.54) is 13.2 Å². The van der Waals surface area contributed by atoms with Gasteiger partial charge in [-0.15, -0.1) is 0 Å². The zero-order valence-electron chi connectivity index (χ0n) is 19.8. The summed E-state index contributed by atoms with van der Waals surface area (Å²) in [6.45, 7) is -1.75. The van der Waals surface area contributed by atoms with Gasteiger partial charge in [0, 0.05) is 12.0 Å². The van der Waals surface area contributed by atoms with Crippen LogP contribution in [0.4, 0.5) is 57.1 Å². The monoisotopic (exact) mass is 610 g/mol. The molecule has 0 N–H and O–H groups in total. The molecule has 0 saturated carbocycles. The average Bonchev–Trinajstić information content (AvgIpc) is 2.87. The first-order valence-electron chi connectivity index (χ1n) is 11.0. The van der Waals surface area contributed by atoms with Gasteiger partial charge < -0.3 is 23.7 Å². The van der Waals surface area contributed by atoms with Gasteiger partial charge in [-0.3, -0.25) is 0 Å². The Labute approximate surface area is 216 Å². The molecule has 2 aliphatic rings. The SMILES string of the molecule is COc1ccc(C2OC[C@H]3O[C@@H](OCCC(F)(F)C(F)(F)C(F)(F)C(F)(F)C(F)(F)C(F)(F)F)C=C[C@@H]3O2)cc1. The molecule has 0 bridgehead atoms. The number of hydrogen-bond donors (Lipinski definition) is 0. The molecule has 1 aromatic carbocycles. The van der Waals surface area contributed by atoms with Crippen molar-refractivity contribution < 1.29 is 80.8 Å². The Balaban J connectivity index is 1.61. The van der Waals surface area contributed by atoms with Crippen molar-refractivity contribution >= 4 is 0 Å². The van der Waals surface area contributed by atoms with Gasteiger partial charge in [-0.2, -0.15) is 57.1 Å². The number of fused-ring (bicyclic) bond motifs is 1. The molecule has 3 rings (SSSR count). The fourth-order valence-electron chi connectivity index (χ4n) is 3.54. The van der Waals surface area contributed by atoms with Crippen LogP contribution in [0.25, 0.3) is 0 Å². The summed E-state index contributed by atoms with van der Waals surface area (Å²) in [7, 11) is 1.45. The van der Waals surface area contributed by atoms with Crippen LogP contribution in [0, 0.1) is 0 Å². The van der Waals surface area contributed by atoms with Crippen LogP contribution in [-0.2, 0) is 18.9 Å². The number of alkyl halides is 13. The van der Waals surface area contributed by atoms with Crippen molar-refractivity contribution in [2.45, 2.75) is 67.0 Å². The maximum absolute atomic E-state index is 13.9. The highest BCUT2D eigenvalue weighted by molar-refractivity contribution is 5.28. The first-order chi connectivity index (χ1) is 18.2. The van der Waals surface area contributed by atoms with Crippen LogP contribution in [0.2, 0.25) is 0 Å². The largest absolute Gasteiger partial charge is 0.497 e. The quantitative estimate of drug-likeness (QED) is 0.223. The standard InChI is InChI=1S/C22H19F13O5/c1-36-12-4-2-11(3-5-12)16-38-10-14-13(40-16)6-7-15(39-14)37-9-8-17(23,24)18(25,26)19(27,28)20(29,30)21(31,32)22(33,34)35/h2-7,13-16H,8-10H2,1H3/t13-,14+,15+,16?/m0/s1. The van der Waals surface area contributed by atoms with E-state index in [1.807, 2.05) is 0 Å². The molecule has 0 spiro atoms.